The van der Waals surface area contributed by atoms with Gasteiger partial charge >= 0.3 is 0 Å². The largest absolute Gasteiger partial charge is 0.389 e. The van der Waals surface area contributed by atoms with Gasteiger partial charge < -0.3 is 5.11 Å². The molecule has 1 aromatic heterocycles. The zero-order valence-corrected chi connectivity index (χ0v) is 9.01. The molecule has 1 aliphatic heterocycles. The molecule has 0 aliphatic carbocycles. The molecule has 74 valence electrons. The highest BCUT2D eigenvalue weighted by Gasteiger charge is 2.16. The lowest BCUT2D eigenvalue weighted by molar-refractivity contribution is 0.281. The minimum absolute atomic E-state index is 0.00950. The number of fused-ring (bicyclic) bond motifs is 1. The number of aromatic nitrogens is 1. The van der Waals surface area contributed by atoms with Crippen LogP contribution in [0.15, 0.2) is 11.1 Å². The lowest BCUT2D eigenvalue weighted by Gasteiger charge is -2.10. The molecule has 14 heavy (non-hydrogen) atoms. The summed E-state index contributed by atoms with van der Waals surface area (Å²) < 4.78 is 0. The van der Waals surface area contributed by atoms with Crippen LogP contribution >= 0.6 is 11.3 Å². The Labute approximate surface area is 86.8 Å². The molecule has 0 radical (unpaired) electrons. The maximum Gasteiger partial charge on any atom is 0.170 e. The summed E-state index contributed by atoms with van der Waals surface area (Å²) in [6.07, 6.45) is 6.01. The van der Waals surface area contributed by atoms with E-state index in [2.05, 4.69) is 29.9 Å². The number of rotatable bonds is 1. The third-order valence-corrected chi connectivity index (χ3v) is 2.99. The predicted octanol–water partition coefficient (Wildman–Crippen LogP) is 2.39. The van der Waals surface area contributed by atoms with E-state index in [0.717, 1.165) is 15.7 Å². The minimum Gasteiger partial charge on any atom is -0.389 e. The van der Waals surface area contributed by atoms with Crippen LogP contribution in [-0.4, -0.2) is 16.3 Å². The molecular weight excluding hydrogens is 196 g/mol. The number of nitrogens with zero attached hydrogens (tertiary/aromatic N) is 2. The maximum absolute atomic E-state index is 8.93. The van der Waals surface area contributed by atoms with Crippen molar-refractivity contribution in [2.45, 2.75) is 20.5 Å². The van der Waals surface area contributed by atoms with Crippen LogP contribution in [0.25, 0.3) is 6.08 Å². The van der Waals surface area contributed by atoms with Gasteiger partial charge in [-0.05, 0) is 6.08 Å². The summed E-state index contributed by atoms with van der Waals surface area (Å²) in [5.74, 6) is 0.723. The Kier molecular flexibility index (Phi) is 2.25. The molecule has 0 bridgehead atoms. The fourth-order valence-electron chi connectivity index (χ4n) is 1.20. The highest BCUT2D eigenvalue weighted by Crippen LogP contribution is 2.31. The predicted molar refractivity (Wildman–Crippen MR) is 59.0 cm³/mol. The SMILES string of the molecule is CC1(C)C=Cc2sc(CO)nc2N=C1. The number of aliphatic hydroxyl groups is 1. The second kappa shape index (κ2) is 3.29. The van der Waals surface area contributed by atoms with Crippen molar-refractivity contribution in [1.29, 1.82) is 0 Å². The molecule has 0 saturated carbocycles. The molecule has 0 atom stereocenters. The summed E-state index contributed by atoms with van der Waals surface area (Å²) >= 11 is 1.49. The third kappa shape index (κ3) is 1.76. The van der Waals surface area contributed by atoms with Crippen molar-refractivity contribution in [2.24, 2.45) is 10.4 Å². The van der Waals surface area contributed by atoms with Crippen LogP contribution in [0.5, 0.6) is 0 Å². The summed E-state index contributed by atoms with van der Waals surface area (Å²) in [7, 11) is 0. The number of aliphatic imine (C=N–C) groups is 1. The van der Waals surface area contributed by atoms with Crippen molar-refractivity contribution in [3.63, 3.8) is 0 Å². The van der Waals surface area contributed by atoms with E-state index in [-0.39, 0.29) is 12.0 Å². The highest BCUT2D eigenvalue weighted by atomic mass is 32.1. The lowest BCUT2D eigenvalue weighted by Crippen LogP contribution is -2.07. The van der Waals surface area contributed by atoms with Gasteiger partial charge in [0, 0.05) is 11.6 Å². The normalized spacial score (nSPS) is 17.9. The molecule has 0 fully saturated rings. The van der Waals surface area contributed by atoms with Gasteiger partial charge in [-0.3, -0.25) is 0 Å². The van der Waals surface area contributed by atoms with E-state index in [1.807, 2.05) is 12.3 Å². The second-order valence-corrected chi connectivity index (χ2v) is 4.98. The van der Waals surface area contributed by atoms with E-state index in [9.17, 15) is 0 Å². The van der Waals surface area contributed by atoms with Crippen molar-refractivity contribution in [3.05, 3.63) is 16.0 Å². The average Bonchev–Trinajstić information content (AvgIpc) is 2.49. The molecule has 0 unspecified atom stereocenters. The van der Waals surface area contributed by atoms with E-state index >= 15 is 0 Å². The monoisotopic (exact) mass is 208 g/mol. The average molecular weight is 208 g/mol. The van der Waals surface area contributed by atoms with Gasteiger partial charge in [-0.1, -0.05) is 19.9 Å². The van der Waals surface area contributed by atoms with Crippen LogP contribution in [-0.2, 0) is 6.61 Å². The number of hydrogen-bond donors (Lipinski definition) is 1. The van der Waals surface area contributed by atoms with Crippen LogP contribution in [0.4, 0.5) is 5.82 Å². The first-order valence-corrected chi connectivity index (χ1v) is 5.27. The van der Waals surface area contributed by atoms with Gasteiger partial charge in [0.25, 0.3) is 0 Å². The summed E-state index contributed by atoms with van der Waals surface area (Å²) in [6.45, 7) is 4.18. The van der Waals surface area contributed by atoms with Gasteiger partial charge in [0.05, 0.1) is 11.5 Å². The Morgan fingerprint density at radius 2 is 2.29 bits per heavy atom. The molecule has 0 aromatic carbocycles. The van der Waals surface area contributed by atoms with Crippen molar-refractivity contribution < 1.29 is 5.11 Å². The molecule has 0 amide bonds. The lowest BCUT2D eigenvalue weighted by atomic mass is 9.95. The third-order valence-electron chi connectivity index (χ3n) is 2.00. The van der Waals surface area contributed by atoms with E-state index in [4.69, 9.17) is 5.11 Å². The first kappa shape index (κ1) is 9.55. The molecule has 0 saturated heterocycles. The first-order valence-electron chi connectivity index (χ1n) is 4.46. The molecule has 4 heteroatoms. The molecule has 3 nitrogen and oxygen atoms in total. The van der Waals surface area contributed by atoms with Crippen LogP contribution < -0.4 is 0 Å². The van der Waals surface area contributed by atoms with Crippen LogP contribution in [0.2, 0.25) is 0 Å². The molecule has 1 aliphatic rings. The zero-order chi connectivity index (χ0) is 10.2. The van der Waals surface area contributed by atoms with Gasteiger partial charge in [0.15, 0.2) is 5.82 Å². The van der Waals surface area contributed by atoms with Crippen molar-refractivity contribution in [3.8, 4) is 0 Å². The van der Waals surface area contributed by atoms with Crippen molar-refractivity contribution in [2.75, 3.05) is 0 Å². The van der Waals surface area contributed by atoms with Gasteiger partial charge in [0.2, 0.25) is 0 Å². The van der Waals surface area contributed by atoms with Gasteiger partial charge in [0.1, 0.15) is 5.01 Å². The highest BCUT2D eigenvalue weighted by molar-refractivity contribution is 7.13. The number of aliphatic hydroxyl groups excluding tert-OH is 1. The van der Waals surface area contributed by atoms with Crippen LogP contribution in [0.3, 0.4) is 0 Å². The number of allylic oxidation sites excluding steroid dienone is 1. The summed E-state index contributed by atoms with van der Waals surface area (Å²) in [4.78, 5) is 9.55. The molecule has 2 heterocycles. The number of thiazole rings is 1. The summed E-state index contributed by atoms with van der Waals surface area (Å²) in [5, 5.41) is 9.65. The van der Waals surface area contributed by atoms with Crippen LogP contribution in [0.1, 0.15) is 23.7 Å². The van der Waals surface area contributed by atoms with Gasteiger partial charge in [-0.15, -0.1) is 11.3 Å². The van der Waals surface area contributed by atoms with Gasteiger partial charge in [-0.2, -0.15) is 0 Å². The second-order valence-electron chi connectivity index (χ2n) is 3.87. The smallest absolute Gasteiger partial charge is 0.170 e. The Morgan fingerprint density at radius 1 is 1.50 bits per heavy atom. The van der Waals surface area contributed by atoms with E-state index < -0.39 is 0 Å². The first-order chi connectivity index (χ1) is 6.61. The summed E-state index contributed by atoms with van der Waals surface area (Å²) in [6, 6.07) is 0. The fourth-order valence-corrected chi connectivity index (χ4v) is 1.97. The van der Waals surface area contributed by atoms with E-state index in [1.165, 1.54) is 11.3 Å². The molecule has 1 aromatic rings. The fraction of sp³-hybridized carbons (Fsp3) is 0.400. The van der Waals surface area contributed by atoms with Crippen molar-refractivity contribution >= 4 is 29.4 Å². The zero-order valence-electron chi connectivity index (χ0n) is 8.19. The van der Waals surface area contributed by atoms with E-state index in [0.29, 0.717) is 0 Å². The van der Waals surface area contributed by atoms with E-state index in [1.54, 1.807) is 0 Å². The maximum atomic E-state index is 8.93. The van der Waals surface area contributed by atoms with Crippen LogP contribution in [0, 0.1) is 5.41 Å². The Morgan fingerprint density at radius 3 is 3.00 bits per heavy atom. The Hall–Kier alpha value is -1.00. The molecule has 2 rings (SSSR count). The number of hydrogen-bond acceptors (Lipinski definition) is 4. The quantitative estimate of drug-likeness (QED) is 0.770. The Balaban J connectivity index is 2.44. The van der Waals surface area contributed by atoms with Crippen molar-refractivity contribution in [1.82, 2.24) is 4.98 Å². The molecule has 0 spiro atoms. The topological polar surface area (TPSA) is 45.5 Å². The van der Waals surface area contributed by atoms with Gasteiger partial charge in [-0.25, -0.2) is 9.98 Å². The molecular formula is C10H12N2OS. The Bertz CT molecular complexity index is 371. The minimum atomic E-state index is -0.0141. The standard InChI is InChI=1S/C10H12N2OS/c1-10(2)4-3-7-9(11-6-10)12-8(5-13)14-7/h3-4,6,13H,5H2,1-2H3. The molecule has 1 N–H and O–H groups in total. The summed E-state index contributed by atoms with van der Waals surface area (Å²) in [5.41, 5.74) is -0.0141.